The van der Waals surface area contributed by atoms with Crippen molar-refractivity contribution in [2.75, 3.05) is 12.4 Å². The molecule has 0 bridgehead atoms. The average Bonchev–Trinajstić information content (AvgIpc) is 2.55. The third kappa shape index (κ3) is 3.96. The van der Waals surface area contributed by atoms with Crippen molar-refractivity contribution < 1.29 is 13.2 Å². The van der Waals surface area contributed by atoms with Crippen molar-refractivity contribution >= 4 is 37.5 Å². The summed E-state index contributed by atoms with van der Waals surface area (Å²) in [5.41, 5.74) is 1.03. The van der Waals surface area contributed by atoms with Crippen molar-refractivity contribution in [3.63, 3.8) is 0 Å². The third-order valence-electron chi connectivity index (χ3n) is 3.01. The van der Waals surface area contributed by atoms with Gasteiger partial charge >= 0.3 is 0 Å². The van der Waals surface area contributed by atoms with Crippen LogP contribution in [0.5, 0.6) is 0 Å². The molecule has 0 saturated carbocycles. The summed E-state index contributed by atoms with van der Waals surface area (Å²) in [6.07, 6.45) is 0. The first kappa shape index (κ1) is 17.1. The van der Waals surface area contributed by atoms with Gasteiger partial charge in [0.25, 0.3) is 5.91 Å². The van der Waals surface area contributed by atoms with Crippen LogP contribution >= 0.6 is 15.9 Å². The molecule has 0 unspecified atom stereocenters. The zero-order valence-corrected chi connectivity index (χ0v) is 14.4. The van der Waals surface area contributed by atoms with E-state index in [-0.39, 0.29) is 10.5 Å². The van der Waals surface area contributed by atoms with Gasteiger partial charge in [-0.2, -0.15) is 5.26 Å². The van der Waals surface area contributed by atoms with Gasteiger partial charge in [-0.3, -0.25) is 4.79 Å². The lowest BCUT2D eigenvalue weighted by atomic mass is 10.2. The van der Waals surface area contributed by atoms with E-state index in [4.69, 9.17) is 5.26 Å². The number of anilines is 1. The van der Waals surface area contributed by atoms with Crippen LogP contribution in [0.25, 0.3) is 0 Å². The Morgan fingerprint density at radius 3 is 2.61 bits per heavy atom. The summed E-state index contributed by atoms with van der Waals surface area (Å²) in [6, 6.07) is 12.6. The Morgan fingerprint density at radius 1 is 1.22 bits per heavy atom. The van der Waals surface area contributed by atoms with E-state index in [1.807, 2.05) is 6.07 Å². The topological polar surface area (TPSA) is 99.1 Å². The zero-order valence-electron chi connectivity index (χ0n) is 12.0. The third-order valence-corrected chi connectivity index (χ3v) is 5.11. The SMILES string of the molecule is CNS(=O)(=O)c1ccc(Br)c(C(=O)Nc2cccc(C#N)c2)c1. The summed E-state index contributed by atoms with van der Waals surface area (Å²) in [4.78, 5) is 12.3. The maximum atomic E-state index is 12.4. The normalized spacial score (nSPS) is 10.8. The number of halogens is 1. The smallest absolute Gasteiger partial charge is 0.256 e. The van der Waals surface area contributed by atoms with Gasteiger partial charge in [-0.25, -0.2) is 13.1 Å². The standard InChI is InChI=1S/C15H12BrN3O3S/c1-18-23(21,22)12-5-6-14(16)13(8-12)15(20)19-11-4-2-3-10(7-11)9-17/h2-8,18H,1H3,(H,19,20). The Morgan fingerprint density at radius 2 is 1.96 bits per heavy atom. The first-order valence-electron chi connectivity index (χ1n) is 6.42. The molecular weight excluding hydrogens is 382 g/mol. The molecule has 2 rings (SSSR count). The predicted molar refractivity (Wildman–Crippen MR) is 89.5 cm³/mol. The lowest BCUT2D eigenvalue weighted by Gasteiger charge is -2.09. The highest BCUT2D eigenvalue weighted by Crippen LogP contribution is 2.22. The minimum absolute atomic E-state index is 0.0147. The van der Waals surface area contributed by atoms with Crippen LogP contribution in [-0.2, 0) is 10.0 Å². The number of hydrogen-bond acceptors (Lipinski definition) is 4. The van der Waals surface area contributed by atoms with Crippen molar-refractivity contribution in [1.29, 1.82) is 5.26 Å². The van der Waals surface area contributed by atoms with Gasteiger partial charge in [0.2, 0.25) is 10.0 Å². The fourth-order valence-corrected chi connectivity index (χ4v) is 3.01. The maximum absolute atomic E-state index is 12.4. The Labute approximate surface area is 142 Å². The van der Waals surface area contributed by atoms with E-state index < -0.39 is 15.9 Å². The number of carbonyl (C=O) groups is 1. The molecule has 0 aromatic heterocycles. The van der Waals surface area contributed by atoms with Gasteiger partial charge < -0.3 is 5.32 Å². The number of carbonyl (C=O) groups excluding carboxylic acids is 1. The Kier molecular flexibility index (Phi) is 5.15. The lowest BCUT2D eigenvalue weighted by molar-refractivity contribution is 0.102. The van der Waals surface area contributed by atoms with E-state index in [1.54, 1.807) is 18.2 Å². The molecule has 0 fully saturated rings. The van der Waals surface area contributed by atoms with E-state index in [0.29, 0.717) is 15.7 Å². The summed E-state index contributed by atoms with van der Waals surface area (Å²) in [7, 11) is -2.35. The van der Waals surface area contributed by atoms with Crippen LogP contribution in [0.3, 0.4) is 0 Å². The second-order valence-electron chi connectivity index (χ2n) is 4.50. The highest BCUT2D eigenvalue weighted by molar-refractivity contribution is 9.10. The molecule has 2 aromatic rings. The van der Waals surface area contributed by atoms with Crippen LogP contribution in [0.4, 0.5) is 5.69 Å². The predicted octanol–water partition coefficient (Wildman–Crippen LogP) is 2.48. The molecule has 6 nitrogen and oxygen atoms in total. The summed E-state index contributed by atoms with van der Waals surface area (Å²) >= 11 is 3.23. The second-order valence-corrected chi connectivity index (χ2v) is 7.24. The molecule has 2 N–H and O–H groups in total. The van der Waals surface area contributed by atoms with Crippen LogP contribution in [0, 0.1) is 11.3 Å². The number of nitriles is 1. The number of nitrogens with zero attached hydrogens (tertiary/aromatic N) is 1. The summed E-state index contributed by atoms with van der Waals surface area (Å²) in [6.45, 7) is 0. The molecule has 1 amide bonds. The van der Waals surface area contributed by atoms with Crippen LogP contribution in [-0.4, -0.2) is 21.4 Å². The number of nitrogens with one attached hydrogen (secondary N) is 2. The Bertz CT molecular complexity index is 904. The second kappa shape index (κ2) is 6.91. The number of amides is 1. The summed E-state index contributed by atoms with van der Waals surface area (Å²) in [5, 5.41) is 11.5. The summed E-state index contributed by atoms with van der Waals surface area (Å²) in [5.74, 6) is -0.486. The van der Waals surface area contributed by atoms with Crippen molar-refractivity contribution in [3.8, 4) is 6.07 Å². The van der Waals surface area contributed by atoms with Gasteiger partial charge in [0, 0.05) is 10.2 Å². The fraction of sp³-hybridized carbons (Fsp3) is 0.0667. The molecule has 0 atom stereocenters. The molecule has 0 aliphatic carbocycles. The first-order valence-corrected chi connectivity index (χ1v) is 8.69. The lowest BCUT2D eigenvalue weighted by Crippen LogP contribution is -2.20. The van der Waals surface area contributed by atoms with E-state index >= 15 is 0 Å². The van der Waals surface area contributed by atoms with Crippen LogP contribution < -0.4 is 10.0 Å². The monoisotopic (exact) mass is 393 g/mol. The summed E-state index contributed by atoms with van der Waals surface area (Å²) < 4.78 is 26.3. The quantitative estimate of drug-likeness (QED) is 0.832. The van der Waals surface area contributed by atoms with Gasteiger partial charge in [0.05, 0.1) is 22.1 Å². The van der Waals surface area contributed by atoms with Crippen molar-refractivity contribution in [2.24, 2.45) is 0 Å². The largest absolute Gasteiger partial charge is 0.322 e. The zero-order chi connectivity index (χ0) is 17.0. The van der Waals surface area contributed by atoms with E-state index in [0.717, 1.165) is 0 Å². The number of benzene rings is 2. The molecule has 0 aliphatic heterocycles. The van der Waals surface area contributed by atoms with Crippen LogP contribution in [0.15, 0.2) is 51.8 Å². The molecule has 0 radical (unpaired) electrons. The highest BCUT2D eigenvalue weighted by Gasteiger charge is 2.17. The minimum Gasteiger partial charge on any atom is -0.322 e. The van der Waals surface area contributed by atoms with Gasteiger partial charge in [-0.05, 0) is 59.4 Å². The molecule has 0 heterocycles. The van der Waals surface area contributed by atoms with Gasteiger partial charge in [-0.1, -0.05) is 6.07 Å². The molecular formula is C15H12BrN3O3S. The first-order chi connectivity index (χ1) is 10.9. The molecule has 0 spiro atoms. The van der Waals surface area contributed by atoms with E-state index in [1.165, 1.54) is 31.3 Å². The van der Waals surface area contributed by atoms with Gasteiger partial charge in [0.1, 0.15) is 0 Å². The highest BCUT2D eigenvalue weighted by atomic mass is 79.9. The fourth-order valence-electron chi connectivity index (χ4n) is 1.83. The molecule has 8 heteroatoms. The van der Waals surface area contributed by atoms with E-state index in [9.17, 15) is 13.2 Å². The van der Waals surface area contributed by atoms with Crippen LogP contribution in [0.1, 0.15) is 15.9 Å². The minimum atomic E-state index is -3.65. The number of sulfonamides is 1. The van der Waals surface area contributed by atoms with Gasteiger partial charge in [0.15, 0.2) is 0 Å². The van der Waals surface area contributed by atoms with E-state index in [2.05, 4.69) is 26.0 Å². The van der Waals surface area contributed by atoms with Crippen molar-refractivity contribution in [2.45, 2.75) is 4.90 Å². The average molecular weight is 394 g/mol. The maximum Gasteiger partial charge on any atom is 0.256 e. The van der Waals surface area contributed by atoms with Crippen molar-refractivity contribution in [1.82, 2.24) is 4.72 Å². The molecule has 118 valence electrons. The molecule has 23 heavy (non-hydrogen) atoms. The Hall–Kier alpha value is -2.21. The van der Waals surface area contributed by atoms with Crippen molar-refractivity contribution in [3.05, 3.63) is 58.1 Å². The molecule has 2 aromatic carbocycles. The molecule has 0 aliphatic rings. The number of rotatable bonds is 4. The van der Waals surface area contributed by atoms with Gasteiger partial charge in [-0.15, -0.1) is 0 Å². The Balaban J connectivity index is 2.36. The number of hydrogen-bond donors (Lipinski definition) is 2. The van der Waals surface area contributed by atoms with Crippen LogP contribution in [0.2, 0.25) is 0 Å². The molecule has 0 saturated heterocycles.